The van der Waals surface area contributed by atoms with E-state index in [-0.39, 0.29) is 6.61 Å². The maximum Gasteiger partial charge on any atom is 0.373 e. The lowest BCUT2D eigenvalue weighted by Crippen LogP contribution is -2.07. The lowest BCUT2D eigenvalue weighted by atomic mass is 10.2. The second-order valence-electron chi connectivity index (χ2n) is 4.31. The first-order chi connectivity index (χ1) is 10.7. The van der Waals surface area contributed by atoms with Gasteiger partial charge in [-0.05, 0) is 12.5 Å². The van der Waals surface area contributed by atoms with Crippen molar-refractivity contribution < 1.29 is 19.4 Å². The third kappa shape index (κ3) is 4.59. The van der Waals surface area contributed by atoms with E-state index in [4.69, 9.17) is 4.74 Å². The van der Waals surface area contributed by atoms with Crippen LogP contribution in [0.2, 0.25) is 0 Å². The van der Waals surface area contributed by atoms with Crippen LogP contribution in [0.25, 0.3) is 6.08 Å². The lowest BCUT2D eigenvalue weighted by Gasteiger charge is -2.05. The Labute approximate surface area is 128 Å². The molecular formula is C16H16N2O4. The highest BCUT2D eigenvalue weighted by molar-refractivity contribution is 5.90. The van der Waals surface area contributed by atoms with E-state index < -0.39 is 11.7 Å². The normalized spacial score (nSPS) is 11.0. The molecule has 0 aliphatic carbocycles. The summed E-state index contributed by atoms with van der Waals surface area (Å²) >= 11 is 0. The maximum absolute atomic E-state index is 11.3. The van der Waals surface area contributed by atoms with Crippen LogP contribution >= 0.6 is 0 Å². The minimum Gasteiger partial charge on any atom is -0.502 e. The fraction of sp³-hybridized carbons (Fsp3) is 0.188. The summed E-state index contributed by atoms with van der Waals surface area (Å²) in [6.45, 7) is 2.21. The van der Waals surface area contributed by atoms with E-state index in [9.17, 15) is 9.90 Å². The lowest BCUT2D eigenvalue weighted by molar-refractivity contribution is -0.141. The number of carbonyl (C=O) groups is 1. The van der Waals surface area contributed by atoms with Crippen LogP contribution in [0.1, 0.15) is 18.2 Å². The van der Waals surface area contributed by atoms with Crippen molar-refractivity contribution in [2.24, 2.45) is 0 Å². The number of hydrogen-bond donors (Lipinski definition) is 1. The molecule has 114 valence electrons. The van der Waals surface area contributed by atoms with Gasteiger partial charge in [0.15, 0.2) is 0 Å². The predicted molar refractivity (Wildman–Crippen MR) is 80.0 cm³/mol. The molecule has 0 atom stereocenters. The molecule has 0 aliphatic heterocycles. The van der Waals surface area contributed by atoms with Gasteiger partial charge in [0.05, 0.1) is 12.3 Å². The summed E-state index contributed by atoms with van der Waals surface area (Å²) in [6.07, 6.45) is 2.50. The van der Waals surface area contributed by atoms with E-state index in [1.807, 2.05) is 30.3 Å². The Hall–Kier alpha value is -2.89. The molecule has 2 aromatic rings. The molecule has 6 nitrogen and oxygen atoms in total. The first kappa shape index (κ1) is 15.5. The number of nitrogens with zero attached hydrogens (tertiary/aromatic N) is 2. The van der Waals surface area contributed by atoms with Gasteiger partial charge in [0.25, 0.3) is 0 Å². The van der Waals surface area contributed by atoms with Gasteiger partial charge in [-0.25, -0.2) is 14.8 Å². The fourth-order valence-corrected chi connectivity index (χ4v) is 1.65. The average Bonchev–Trinajstić information content (AvgIpc) is 2.54. The molecule has 1 N–H and O–H groups in total. The van der Waals surface area contributed by atoms with Crippen molar-refractivity contribution in [2.75, 3.05) is 6.61 Å². The minimum absolute atomic E-state index is 0.186. The summed E-state index contributed by atoms with van der Waals surface area (Å²) in [5.74, 6) is -0.968. The van der Waals surface area contributed by atoms with E-state index in [0.717, 1.165) is 5.56 Å². The van der Waals surface area contributed by atoms with Crippen LogP contribution in [0.15, 0.2) is 48.5 Å². The summed E-state index contributed by atoms with van der Waals surface area (Å²) in [7, 11) is 0. The fourth-order valence-electron chi connectivity index (χ4n) is 1.65. The number of benzene rings is 1. The third-order valence-corrected chi connectivity index (χ3v) is 2.66. The Morgan fingerprint density at radius 2 is 2.05 bits per heavy atom. The Bertz CT molecular complexity index is 656. The van der Waals surface area contributed by atoms with E-state index in [2.05, 4.69) is 14.7 Å². The van der Waals surface area contributed by atoms with Crippen LogP contribution in [0.5, 0.6) is 5.88 Å². The van der Waals surface area contributed by atoms with E-state index in [1.165, 1.54) is 18.5 Å². The molecule has 0 radical (unpaired) electrons. The zero-order valence-corrected chi connectivity index (χ0v) is 12.1. The van der Waals surface area contributed by atoms with Crippen molar-refractivity contribution >= 4 is 12.0 Å². The topological polar surface area (TPSA) is 81.5 Å². The van der Waals surface area contributed by atoms with E-state index in [0.29, 0.717) is 18.2 Å². The van der Waals surface area contributed by atoms with E-state index >= 15 is 0 Å². The van der Waals surface area contributed by atoms with Gasteiger partial charge in [0.1, 0.15) is 12.9 Å². The largest absolute Gasteiger partial charge is 0.502 e. The molecular weight excluding hydrogens is 284 g/mol. The van der Waals surface area contributed by atoms with Crippen LogP contribution in [0, 0.1) is 0 Å². The molecule has 22 heavy (non-hydrogen) atoms. The highest BCUT2D eigenvalue weighted by Gasteiger charge is 2.09. The highest BCUT2D eigenvalue weighted by atomic mass is 16.5. The monoisotopic (exact) mass is 300 g/mol. The Balaban J connectivity index is 2.03. The Morgan fingerprint density at radius 3 is 2.77 bits per heavy atom. The highest BCUT2D eigenvalue weighted by Crippen LogP contribution is 2.12. The number of aromatic nitrogens is 2. The van der Waals surface area contributed by atoms with Crippen molar-refractivity contribution in [1.82, 2.24) is 9.97 Å². The van der Waals surface area contributed by atoms with Gasteiger partial charge in [-0.1, -0.05) is 30.3 Å². The van der Waals surface area contributed by atoms with Gasteiger partial charge in [0.2, 0.25) is 11.6 Å². The summed E-state index contributed by atoms with van der Waals surface area (Å²) in [5, 5.41) is 9.59. The molecule has 0 fully saturated rings. The van der Waals surface area contributed by atoms with Crippen molar-refractivity contribution in [2.45, 2.75) is 13.5 Å². The number of rotatable bonds is 6. The smallest absolute Gasteiger partial charge is 0.373 e. The second kappa shape index (κ2) is 7.78. The number of ether oxygens (including phenoxy) is 2. The third-order valence-electron chi connectivity index (χ3n) is 2.66. The number of aliphatic hydroxyl groups excluding tert-OH is 1. The first-order valence-corrected chi connectivity index (χ1v) is 6.75. The maximum atomic E-state index is 11.3. The van der Waals surface area contributed by atoms with Crippen molar-refractivity contribution in [3.05, 3.63) is 59.7 Å². The van der Waals surface area contributed by atoms with Crippen LogP contribution in [-0.4, -0.2) is 27.7 Å². The molecule has 0 bridgehead atoms. The van der Waals surface area contributed by atoms with Crippen molar-refractivity contribution in [3.8, 4) is 5.88 Å². The number of hydrogen-bond acceptors (Lipinski definition) is 6. The van der Waals surface area contributed by atoms with Gasteiger partial charge >= 0.3 is 5.97 Å². The van der Waals surface area contributed by atoms with Crippen LogP contribution < -0.4 is 4.74 Å². The molecule has 0 unspecified atom stereocenters. The molecule has 1 aromatic heterocycles. The molecule has 1 aromatic carbocycles. The van der Waals surface area contributed by atoms with Gasteiger partial charge in [0, 0.05) is 12.1 Å². The molecule has 0 aliphatic rings. The summed E-state index contributed by atoms with van der Waals surface area (Å²) in [6, 6.07) is 11.2. The van der Waals surface area contributed by atoms with Gasteiger partial charge in [-0.3, -0.25) is 0 Å². The molecule has 6 heteroatoms. The first-order valence-electron chi connectivity index (χ1n) is 6.75. The zero-order chi connectivity index (χ0) is 15.8. The van der Waals surface area contributed by atoms with Crippen LogP contribution in [0.4, 0.5) is 0 Å². The molecule has 0 amide bonds. The second-order valence-corrected chi connectivity index (χ2v) is 4.31. The van der Waals surface area contributed by atoms with Gasteiger partial charge in [-0.15, -0.1) is 0 Å². The number of aliphatic hydroxyl groups is 1. The van der Waals surface area contributed by atoms with Gasteiger partial charge < -0.3 is 14.6 Å². The summed E-state index contributed by atoms with van der Waals surface area (Å²) in [4.78, 5) is 19.3. The van der Waals surface area contributed by atoms with Crippen molar-refractivity contribution in [3.63, 3.8) is 0 Å². The zero-order valence-electron chi connectivity index (χ0n) is 12.1. The predicted octanol–water partition coefficient (Wildman–Crippen LogP) is 2.52. The minimum atomic E-state index is -0.798. The molecule has 0 saturated heterocycles. The molecule has 2 rings (SSSR count). The van der Waals surface area contributed by atoms with Crippen molar-refractivity contribution in [1.29, 1.82) is 0 Å². The molecule has 0 spiro atoms. The Morgan fingerprint density at radius 1 is 1.27 bits per heavy atom. The molecule has 0 saturated carbocycles. The molecule has 1 heterocycles. The van der Waals surface area contributed by atoms with Crippen LogP contribution in [0.3, 0.4) is 0 Å². The van der Waals surface area contributed by atoms with Gasteiger partial charge in [-0.2, -0.15) is 0 Å². The van der Waals surface area contributed by atoms with E-state index in [1.54, 1.807) is 6.92 Å². The average molecular weight is 300 g/mol. The summed E-state index contributed by atoms with van der Waals surface area (Å²) < 4.78 is 10.2. The SMILES string of the molecule is CCOC(=O)/C(O)=C/c1cc(OCc2ccccc2)ncn1. The quantitative estimate of drug-likeness (QED) is 0.501. The summed E-state index contributed by atoms with van der Waals surface area (Å²) in [5.41, 5.74) is 1.36. The van der Waals surface area contributed by atoms with Crippen LogP contribution in [-0.2, 0) is 16.1 Å². The number of esters is 1. The standard InChI is InChI=1S/C16H16N2O4/c1-2-21-16(20)14(19)8-13-9-15(18-11-17-13)22-10-12-6-4-3-5-7-12/h3-9,11,19H,2,10H2,1H3/b14-8-. The Kier molecular flexibility index (Phi) is 5.48. The number of carbonyl (C=O) groups excluding carboxylic acids is 1.